The molecule has 2 fully saturated rings. The quantitative estimate of drug-likeness (QED) is 0.102. The van der Waals surface area contributed by atoms with Crippen molar-refractivity contribution in [2.45, 2.75) is 94.8 Å². The second-order valence-corrected chi connectivity index (χ2v) is 21.6. The summed E-state index contributed by atoms with van der Waals surface area (Å²) in [6, 6.07) is 18.9. The zero-order valence-electron chi connectivity index (χ0n) is 35.1. The monoisotopic (exact) mass is 824 g/mol. The van der Waals surface area contributed by atoms with Crippen LogP contribution in [0, 0.1) is 5.92 Å². The lowest BCUT2D eigenvalue weighted by molar-refractivity contribution is -0.149. The van der Waals surface area contributed by atoms with Crippen LogP contribution < -0.4 is 29.8 Å². The van der Waals surface area contributed by atoms with Crippen molar-refractivity contribution in [1.29, 1.82) is 0 Å². The Labute approximate surface area is 349 Å². The zero-order chi connectivity index (χ0) is 42.1. The number of carbonyl (C=O) groups excluding carboxylic acids is 3. The van der Waals surface area contributed by atoms with E-state index in [0.29, 0.717) is 49.5 Å². The zero-order valence-corrected chi connectivity index (χ0v) is 36.1. The van der Waals surface area contributed by atoms with Crippen molar-refractivity contribution in [2.24, 2.45) is 5.92 Å². The first-order valence-corrected chi connectivity index (χ1v) is 24.3. The summed E-state index contributed by atoms with van der Waals surface area (Å²) >= 11 is 0. The Kier molecular flexibility index (Phi) is 12.7. The Hall–Kier alpha value is -4.53. The minimum absolute atomic E-state index is 0.0768. The highest BCUT2D eigenvalue weighted by Crippen LogP contribution is 2.60. The van der Waals surface area contributed by atoms with Crippen LogP contribution in [0.25, 0.3) is 0 Å². The highest BCUT2D eigenvalue weighted by molar-refractivity contribution is 6.91. The van der Waals surface area contributed by atoms with Crippen molar-refractivity contribution < 1.29 is 38.8 Å². The van der Waals surface area contributed by atoms with E-state index in [9.17, 15) is 19.8 Å². The highest BCUT2D eigenvalue weighted by atomic mass is 28.3. The summed E-state index contributed by atoms with van der Waals surface area (Å²) in [5.74, 6) is 0.695. The molecule has 59 heavy (non-hydrogen) atoms. The summed E-state index contributed by atoms with van der Waals surface area (Å²) in [5.41, 5.74) is 2.03. The molecular formula is C46H60N4O8Si. The maximum atomic E-state index is 15.2. The van der Waals surface area contributed by atoms with Crippen LogP contribution in [0.5, 0.6) is 11.5 Å². The van der Waals surface area contributed by atoms with Crippen molar-refractivity contribution in [3.8, 4) is 11.5 Å². The number of amides is 3. The van der Waals surface area contributed by atoms with Crippen LogP contribution in [0.1, 0.15) is 57.1 Å². The molecule has 2 saturated heterocycles. The average molecular weight is 825 g/mol. The molecule has 4 heterocycles. The molecule has 3 amide bonds. The lowest BCUT2D eigenvalue weighted by Crippen LogP contribution is -2.52. The van der Waals surface area contributed by atoms with Crippen molar-refractivity contribution >= 4 is 48.0 Å². The fraction of sp³-hybridized carbons (Fsp3) is 0.500. The molecule has 6 atom stereocenters. The van der Waals surface area contributed by atoms with Crippen LogP contribution in [0.3, 0.4) is 0 Å². The van der Waals surface area contributed by atoms with Crippen LogP contribution in [-0.4, -0.2) is 106 Å². The average Bonchev–Trinajstić information content (AvgIpc) is 3.90. The summed E-state index contributed by atoms with van der Waals surface area (Å²) in [4.78, 5) is 49.3. The van der Waals surface area contributed by atoms with Crippen LogP contribution in [-0.2, 0) is 31.1 Å². The van der Waals surface area contributed by atoms with E-state index in [-0.39, 0.29) is 61.4 Å². The van der Waals surface area contributed by atoms with Gasteiger partial charge in [-0.15, -0.1) is 6.58 Å². The second-order valence-electron chi connectivity index (χ2n) is 16.9. The first kappa shape index (κ1) is 42.6. The number of ether oxygens (including phenoxy) is 3. The number of aliphatic hydroxyl groups excluding tert-OH is 2. The van der Waals surface area contributed by atoms with Crippen molar-refractivity contribution in [3.63, 3.8) is 0 Å². The molecule has 4 aliphatic rings. The van der Waals surface area contributed by atoms with E-state index in [4.69, 9.17) is 14.2 Å². The van der Waals surface area contributed by atoms with Crippen LogP contribution in [0.2, 0.25) is 18.6 Å². The fourth-order valence-electron chi connectivity index (χ4n) is 10.3. The molecule has 0 aromatic heterocycles. The summed E-state index contributed by atoms with van der Waals surface area (Å²) in [6.45, 7) is 14.5. The third-order valence-corrected chi connectivity index (χ3v) is 17.6. The lowest BCUT2D eigenvalue weighted by atomic mass is 9.82. The number of hydrogen-bond acceptors (Lipinski definition) is 9. The molecule has 3 aromatic carbocycles. The minimum atomic E-state index is -2.56. The Bertz CT molecular complexity index is 2040. The predicted molar refractivity (Wildman–Crippen MR) is 232 cm³/mol. The van der Waals surface area contributed by atoms with E-state index >= 15 is 4.79 Å². The molecule has 316 valence electrons. The number of benzene rings is 3. The summed E-state index contributed by atoms with van der Waals surface area (Å²) in [5, 5.41) is 24.1. The van der Waals surface area contributed by atoms with Crippen molar-refractivity contribution in [1.82, 2.24) is 10.2 Å². The van der Waals surface area contributed by atoms with E-state index < -0.39 is 25.8 Å². The Balaban J connectivity index is 1.35. The summed E-state index contributed by atoms with van der Waals surface area (Å²) in [6.07, 6.45) is 4.59. The standard InChI is InChI=1S/C46H60N4O8Si/c1-7-22-49-40-19-13-32(50-39-20-16-35(57-8-2)25-31(39)26-38(44(50)54)47-21-9-10-24-51)27-37(40)46(45(49)55)30(3)43(59(5,6)36-17-14-34(56-4)15-18-36)41(58-46)28-42(53)48-23-11-12-33(48)29-52/h7,13-20,25,27,30,33,38,41,43,47,51-52H,1,8-12,21-24,26,28-29H2,2-6H3/t30-,33-,38?,41+,43-,46+/m0/s1. The van der Waals surface area contributed by atoms with Gasteiger partial charge in [0.2, 0.25) is 11.8 Å². The topological polar surface area (TPSA) is 141 Å². The highest BCUT2D eigenvalue weighted by Gasteiger charge is 2.66. The molecule has 13 heteroatoms. The van der Waals surface area contributed by atoms with E-state index in [0.717, 1.165) is 47.2 Å². The Morgan fingerprint density at radius 1 is 1.05 bits per heavy atom. The first-order chi connectivity index (χ1) is 28.4. The van der Waals surface area contributed by atoms with Crippen LogP contribution >= 0.6 is 0 Å². The number of fused-ring (bicyclic) bond motifs is 3. The Morgan fingerprint density at radius 2 is 1.80 bits per heavy atom. The van der Waals surface area contributed by atoms with E-state index in [1.807, 2.05) is 55.5 Å². The third kappa shape index (κ3) is 7.60. The Morgan fingerprint density at radius 3 is 2.49 bits per heavy atom. The number of anilines is 3. The maximum Gasteiger partial charge on any atom is 0.264 e. The van der Waals surface area contributed by atoms with Gasteiger partial charge in [0.05, 0.1) is 64.4 Å². The van der Waals surface area contributed by atoms with Crippen LogP contribution in [0.4, 0.5) is 17.1 Å². The number of carbonyl (C=O) groups is 3. The number of unbranched alkanes of at least 4 members (excludes halogenated alkanes) is 1. The molecule has 3 aromatic rings. The van der Waals surface area contributed by atoms with E-state index in [1.54, 1.807) is 27.9 Å². The third-order valence-electron chi connectivity index (χ3n) is 13.2. The summed E-state index contributed by atoms with van der Waals surface area (Å²) < 4.78 is 18.7. The molecule has 0 saturated carbocycles. The molecule has 1 unspecified atom stereocenters. The van der Waals surface area contributed by atoms with Gasteiger partial charge in [0, 0.05) is 36.9 Å². The number of aliphatic hydroxyl groups is 2. The van der Waals surface area contributed by atoms with E-state index in [2.05, 4.69) is 44.0 Å². The SMILES string of the molecule is C=CCN1C(=O)[C@]2(O[C@H](CC(=O)N3CCC[C@H]3CO)[C@@H]([Si](C)(C)c3ccc(OC)cc3)[C@@H]2C)c2cc(N3C(=O)C(NCCCCO)Cc4cc(OCC)ccc43)ccc21. The van der Waals surface area contributed by atoms with Gasteiger partial charge >= 0.3 is 0 Å². The normalized spacial score (nSPS) is 25.1. The molecule has 0 aliphatic carbocycles. The van der Waals surface area contributed by atoms with Gasteiger partial charge < -0.3 is 39.5 Å². The van der Waals surface area contributed by atoms with Gasteiger partial charge in [0.15, 0.2) is 5.60 Å². The number of likely N-dealkylation sites (tertiary alicyclic amines) is 1. The molecular weight excluding hydrogens is 765 g/mol. The molecule has 4 aliphatic heterocycles. The number of nitrogens with zero attached hydrogens (tertiary/aromatic N) is 3. The summed E-state index contributed by atoms with van der Waals surface area (Å²) in [7, 11) is -0.918. The van der Waals surface area contributed by atoms with Crippen molar-refractivity contribution in [2.75, 3.05) is 56.4 Å². The molecule has 3 N–H and O–H groups in total. The van der Waals surface area contributed by atoms with Crippen molar-refractivity contribution in [3.05, 3.63) is 84.4 Å². The number of methoxy groups -OCH3 is 1. The van der Waals surface area contributed by atoms with Gasteiger partial charge in [-0.05, 0) is 105 Å². The maximum absolute atomic E-state index is 15.2. The number of rotatable bonds is 16. The molecule has 12 nitrogen and oxygen atoms in total. The largest absolute Gasteiger partial charge is 0.497 e. The second kappa shape index (κ2) is 17.6. The molecule has 0 bridgehead atoms. The van der Waals surface area contributed by atoms with Gasteiger partial charge in [-0.1, -0.05) is 43.4 Å². The molecule has 0 radical (unpaired) electrons. The minimum Gasteiger partial charge on any atom is -0.497 e. The fourth-order valence-corrected chi connectivity index (χ4v) is 14.3. The first-order valence-electron chi connectivity index (χ1n) is 21.2. The van der Waals surface area contributed by atoms with E-state index in [1.165, 1.54) is 0 Å². The predicted octanol–water partition coefficient (Wildman–Crippen LogP) is 5.17. The molecule has 7 rings (SSSR count). The number of nitrogens with one attached hydrogen (secondary N) is 1. The van der Waals surface area contributed by atoms with Gasteiger partial charge in [-0.25, -0.2) is 0 Å². The lowest BCUT2D eigenvalue weighted by Gasteiger charge is -2.37. The smallest absolute Gasteiger partial charge is 0.264 e. The molecule has 1 spiro atoms. The van der Waals surface area contributed by atoms with Gasteiger partial charge in [-0.3, -0.25) is 19.3 Å². The number of hydrogen-bond donors (Lipinski definition) is 3. The van der Waals surface area contributed by atoms with Gasteiger partial charge in [0.1, 0.15) is 11.5 Å². The van der Waals surface area contributed by atoms with Gasteiger partial charge in [-0.2, -0.15) is 0 Å². The van der Waals surface area contributed by atoms with Crippen LogP contribution in [0.15, 0.2) is 73.3 Å². The van der Waals surface area contributed by atoms with Gasteiger partial charge in [0.25, 0.3) is 5.91 Å².